The molecule has 31 heavy (non-hydrogen) atoms. The molecule has 0 radical (unpaired) electrons. The van der Waals surface area contributed by atoms with E-state index in [-0.39, 0.29) is 30.3 Å². The number of sulfone groups is 1. The fraction of sp³-hybridized carbons (Fsp3) is 0.579. The molecule has 0 aromatic heterocycles. The van der Waals surface area contributed by atoms with Crippen molar-refractivity contribution in [1.29, 1.82) is 0 Å². The summed E-state index contributed by atoms with van der Waals surface area (Å²) < 4.78 is 45.9. The number of hydrogen-bond donors (Lipinski definition) is 3. The lowest BCUT2D eigenvalue weighted by Crippen LogP contribution is -2.49. The van der Waals surface area contributed by atoms with Crippen LogP contribution in [0.2, 0.25) is 0 Å². The average Bonchev–Trinajstić information content (AvgIpc) is 2.65. The predicted octanol–water partition coefficient (Wildman–Crippen LogP) is 2.97. The van der Waals surface area contributed by atoms with Crippen molar-refractivity contribution in [2.24, 2.45) is 5.92 Å². The molecular weight excluding hydrogens is 445 g/mol. The molecule has 0 fully saturated rings. The van der Waals surface area contributed by atoms with Crippen LogP contribution in [0.25, 0.3) is 0 Å². The van der Waals surface area contributed by atoms with Crippen LogP contribution in [0.1, 0.15) is 34.1 Å². The molecule has 0 aliphatic carbocycles. The topological polar surface area (TPSA) is 140 Å². The van der Waals surface area contributed by atoms with Gasteiger partial charge in [0, 0.05) is 11.9 Å². The van der Waals surface area contributed by atoms with Gasteiger partial charge in [-0.1, -0.05) is 13.8 Å². The molecule has 0 bridgehead atoms. The smallest absolute Gasteiger partial charge is 0.343 e. The normalized spacial score (nSPS) is 13.0. The van der Waals surface area contributed by atoms with E-state index in [1.54, 1.807) is 13.8 Å². The van der Waals surface area contributed by atoms with Gasteiger partial charge in [0.1, 0.15) is 12.3 Å². The summed E-state index contributed by atoms with van der Waals surface area (Å²) in [7, 11) is -6.81. The number of hydrogen-bond acceptors (Lipinski definition) is 7. The molecular formula is C19H32N3O7PS. The third-order valence-electron chi connectivity index (χ3n) is 3.97. The summed E-state index contributed by atoms with van der Waals surface area (Å²) in [4.78, 5) is 25.1. The zero-order valence-corrected chi connectivity index (χ0v) is 20.2. The van der Waals surface area contributed by atoms with Crippen LogP contribution in [0.4, 0.5) is 10.5 Å². The molecule has 1 unspecified atom stereocenters. The number of urea groups is 1. The van der Waals surface area contributed by atoms with Crippen LogP contribution in [0.3, 0.4) is 0 Å². The Balaban J connectivity index is 2.79. The SMILES string of the molecule is CCOP(=O)(CNC(=O)C(CC(C)C)NC(=O)Nc1ccc(S(C)(=O)=O)cc1)OCC. The highest BCUT2D eigenvalue weighted by Crippen LogP contribution is 2.46. The predicted molar refractivity (Wildman–Crippen MR) is 119 cm³/mol. The molecule has 3 N–H and O–H groups in total. The van der Waals surface area contributed by atoms with Gasteiger partial charge in [0.25, 0.3) is 0 Å². The van der Waals surface area contributed by atoms with E-state index < -0.39 is 35.4 Å². The lowest BCUT2D eigenvalue weighted by Gasteiger charge is -2.22. The first-order chi connectivity index (χ1) is 14.4. The Kier molecular flexibility index (Phi) is 10.7. The number of nitrogens with one attached hydrogen (secondary N) is 3. The highest BCUT2D eigenvalue weighted by molar-refractivity contribution is 7.90. The minimum absolute atomic E-state index is 0.0932. The van der Waals surface area contributed by atoms with Gasteiger partial charge in [-0.3, -0.25) is 9.36 Å². The van der Waals surface area contributed by atoms with Crippen LogP contribution >= 0.6 is 7.60 Å². The standard InChI is InChI=1S/C19H32N3O7PS/c1-6-28-30(25,29-7-2)13-20-18(23)17(12-14(3)4)22-19(24)21-15-8-10-16(11-9-15)31(5,26)27/h8-11,14,17H,6-7,12-13H2,1-5H3,(H,20,23)(H2,21,22,24). The highest BCUT2D eigenvalue weighted by Gasteiger charge is 2.28. The number of rotatable bonds is 12. The first-order valence-corrected chi connectivity index (χ1v) is 13.6. The minimum atomic E-state index is -3.46. The Morgan fingerprint density at radius 1 is 1.06 bits per heavy atom. The van der Waals surface area contributed by atoms with Crippen molar-refractivity contribution in [2.75, 3.05) is 31.1 Å². The van der Waals surface area contributed by atoms with E-state index in [0.29, 0.717) is 12.1 Å². The number of carbonyl (C=O) groups is 2. The summed E-state index contributed by atoms with van der Waals surface area (Å²) in [5.74, 6) is -0.424. The zero-order valence-electron chi connectivity index (χ0n) is 18.5. The van der Waals surface area contributed by atoms with Crippen LogP contribution in [-0.2, 0) is 28.2 Å². The largest absolute Gasteiger partial charge is 0.349 e. The maximum Gasteiger partial charge on any atom is 0.349 e. The second kappa shape index (κ2) is 12.2. The Morgan fingerprint density at radius 2 is 1.61 bits per heavy atom. The summed E-state index contributed by atoms with van der Waals surface area (Å²) in [6.45, 7) is 7.47. The maximum absolute atomic E-state index is 12.6. The number of anilines is 1. The molecule has 3 amide bonds. The van der Waals surface area contributed by atoms with E-state index in [4.69, 9.17) is 9.05 Å². The van der Waals surface area contributed by atoms with Crippen molar-refractivity contribution < 1.29 is 31.6 Å². The van der Waals surface area contributed by atoms with Crippen molar-refractivity contribution >= 4 is 35.1 Å². The molecule has 176 valence electrons. The fourth-order valence-corrected chi connectivity index (χ4v) is 4.66. The molecule has 0 saturated carbocycles. The minimum Gasteiger partial charge on any atom is -0.343 e. The molecule has 10 nitrogen and oxygen atoms in total. The van der Waals surface area contributed by atoms with E-state index in [2.05, 4.69) is 16.0 Å². The van der Waals surface area contributed by atoms with E-state index >= 15 is 0 Å². The number of benzene rings is 1. The van der Waals surface area contributed by atoms with E-state index in [1.807, 2.05) is 13.8 Å². The first kappa shape index (κ1) is 27.1. The molecule has 1 aromatic carbocycles. The van der Waals surface area contributed by atoms with Crippen molar-refractivity contribution in [1.82, 2.24) is 10.6 Å². The third-order valence-corrected chi connectivity index (χ3v) is 6.94. The highest BCUT2D eigenvalue weighted by atomic mass is 32.2. The van der Waals surface area contributed by atoms with Crippen LogP contribution in [0.15, 0.2) is 29.2 Å². The summed E-state index contributed by atoms with van der Waals surface area (Å²) in [5, 5.41) is 7.68. The van der Waals surface area contributed by atoms with Crippen molar-refractivity contribution in [3.63, 3.8) is 0 Å². The van der Waals surface area contributed by atoms with Crippen LogP contribution < -0.4 is 16.0 Å². The molecule has 1 rings (SSSR count). The lowest BCUT2D eigenvalue weighted by atomic mass is 10.0. The lowest BCUT2D eigenvalue weighted by molar-refractivity contribution is -0.123. The Bertz CT molecular complexity index is 878. The van der Waals surface area contributed by atoms with E-state index in [1.165, 1.54) is 24.3 Å². The summed E-state index contributed by atoms with van der Waals surface area (Å²) in [6.07, 6.45) is 1.13. The monoisotopic (exact) mass is 477 g/mol. The van der Waals surface area contributed by atoms with Gasteiger partial charge >= 0.3 is 13.6 Å². The first-order valence-electron chi connectivity index (χ1n) is 9.93. The van der Waals surface area contributed by atoms with Crippen LogP contribution in [0, 0.1) is 5.92 Å². The zero-order chi connectivity index (χ0) is 23.7. The summed E-state index contributed by atoms with van der Waals surface area (Å²) >= 11 is 0. The van der Waals surface area contributed by atoms with Gasteiger partial charge < -0.3 is 25.0 Å². The molecule has 0 spiro atoms. The summed E-state index contributed by atoms with van der Waals surface area (Å²) in [5.41, 5.74) is 0.366. The van der Waals surface area contributed by atoms with E-state index in [9.17, 15) is 22.6 Å². The average molecular weight is 478 g/mol. The van der Waals surface area contributed by atoms with Crippen LogP contribution in [-0.4, -0.2) is 52.2 Å². The summed E-state index contributed by atoms with van der Waals surface area (Å²) in [6, 6.07) is 4.14. The van der Waals surface area contributed by atoms with Gasteiger partial charge in [0.05, 0.1) is 18.1 Å². The molecule has 0 saturated heterocycles. The second-order valence-corrected chi connectivity index (χ2v) is 11.3. The number of amides is 3. The molecule has 0 heterocycles. The third kappa shape index (κ3) is 9.82. The van der Waals surface area contributed by atoms with Gasteiger partial charge in [-0.2, -0.15) is 0 Å². The van der Waals surface area contributed by atoms with Crippen molar-refractivity contribution in [3.8, 4) is 0 Å². The molecule has 1 atom stereocenters. The van der Waals surface area contributed by atoms with Crippen molar-refractivity contribution in [3.05, 3.63) is 24.3 Å². The van der Waals surface area contributed by atoms with Gasteiger partial charge in [-0.05, 0) is 50.5 Å². The molecule has 0 aliphatic rings. The Hall–Kier alpha value is -1.94. The molecule has 12 heteroatoms. The number of carbonyl (C=O) groups excluding carboxylic acids is 2. The fourth-order valence-electron chi connectivity index (χ4n) is 2.63. The van der Waals surface area contributed by atoms with Gasteiger partial charge in [-0.15, -0.1) is 0 Å². The molecule has 0 aliphatic heterocycles. The van der Waals surface area contributed by atoms with Gasteiger partial charge in [0.15, 0.2) is 9.84 Å². The molecule has 1 aromatic rings. The van der Waals surface area contributed by atoms with E-state index in [0.717, 1.165) is 6.26 Å². The quantitative estimate of drug-likeness (QED) is 0.393. The maximum atomic E-state index is 12.6. The van der Waals surface area contributed by atoms with Gasteiger partial charge in [-0.25, -0.2) is 13.2 Å². The van der Waals surface area contributed by atoms with Crippen molar-refractivity contribution in [2.45, 2.75) is 45.1 Å². The Labute approximate surface area is 183 Å². The van der Waals surface area contributed by atoms with Gasteiger partial charge in [0.2, 0.25) is 5.91 Å². The second-order valence-electron chi connectivity index (χ2n) is 7.22. The Morgan fingerprint density at radius 3 is 2.06 bits per heavy atom. The van der Waals surface area contributed by atoms with Crippen LogP contribution in [0.5, 0.6) is 0 Å².